The average molecular weight is 197 g/mol. The number of fused-ring (bicyclic) bond motifs is 1. The first-order valence-corrected chi connectivity index (χ1v) is 4.30. The van der Waals surface area contributed by atoms with Crippen molar-refractivity contribution in [2.75, 3.05) is 7.11 Å². The van der Waals surface area contributed by atoms with Crippen LogP contribution in [0.4, 0.5) is 0 Å². The third kappa shape index (κ3) is 1.53. The van der Waals surface area contributed by atoms with E-state index >= 15 is 0 Å². The number of nitrogens with one attached hydrogen (secondary N) is 1. The van der Waals surface area contributed by atoms with Crippen LogP contribution in [0.1, 0.15) is 5.69 Å². The van der Waals surface area contributed by atoms with Crippen molar-refractivity contribution in [2.45, 2.75) is 6.61 Å². The van der Waals surface area contributed by atoms with Crippen LogP contribution in [-0.4, -0.2) is 17.1 Å². The highest BCUT2D eigenvalue weighted by atomic mass is 35.5. The van der Waals surface area contributed by atoms with E-state index in [0.717, 1.165) is 16.7 Å². The molecular weight excluding hydrogens is 188 g/mol. The normalized spacial score (nSPS) is 10.9. The number of hydrogen-bond acceptors (Lipinski definition) is 2. The summed E-state index contributed by atoms with van der Waals surface area (Å²) >= 11 is 5.97. The van der Waals surface area contributed by atoms with E-state index < -0.39 is 0 Å². The third-order valence-corrected chi connectivity index (χ3v) is 2.16. The number of hydrogen-bond donors (Lipinski definition) is 1. The summed E-state index contributed by atoms with van der Waals surface area (Å²) in [6, 6.07) is 3.72. The van der Waals surface area contributed by atoms with Gasteiger partial charge >= 0.3 is 0 Å². The lowest BCUT2D eigenvalue weighted by molar-refractivity contribution is 0.182. The van der Waals surface area contributed by atoms with E-state index in [2.05, 4.69) is 9.97 Å². The van der Waals surface area contributed by atoms with E-state index in [1.54, 1.807) is 19.4 Å². The van der Waals surface area contributed by atoms with Gasteiger partial charge in [0.2, 0.25) is 0 Å². The quantitative estimate of drug-likeness (QED) is 0.801. The van der Waals surface area contributed by atoms with Crippen molar-refractivity contribution in [3.63, 3.8) is 0 Å². The number of aromatic nitrogens is 2. The van der Waals surface area contributed by atoms with Gasteiger partial charge in [-0.2, -0.15) is 0 Å². The molecule has 0 bridgehead atoms. The minimum Gasteiger partial charge on any atom is -0.378 e. The summed E-state index contributed by atoms with van der Waals surface area (Å²) in [5, 5.41) is 1.65. The largest absolute Gasteiger partial charge is 0.378 e. The lowest BCUT2D eigenvalue weighted by atomic mass is 10.3. The Labute approximate surface area is 80.7 Å². The van der Waals surface area contributed by atoms with E-state index in [4.69, 9.17) is 16.3 Å². The SMILES string of the molecule is COCc1cc2c(Cl)ccnc2[nH]1. The zero-order valence-corrected chi connectivity index (χ0v) is 7.93. The minimum absolute atomic E-state index is 0.548. The maximum atomic E-state index is 5.97. The Balaban J connectivity index is 2.55. The number of halogens is 1. The molecule has 0 unspecified atom stereocenters. The number of nitrogens with zero attached hydrogens (tertiary/aromatic N) is 1. The fourth-order valence-corrected chi connectivity index (χ4v) is 1.48. The van der Waals surface area contributed by atoms with Gasteiger partial charge in [-0.3, -0.25) is 0 Å². The number of rotatable bonds is 2. The molecule has 2 aromatic heterocycles. The van der Waals surface area contributed by atoms with Crippen molar-refractivity contribution in [3.05, 3.63) is 29.0 Å². The van der Waals surface area contributed by atoms with Crippen molar-refractivity contribution in [1.29, 1.82) is 0 Å². The van der Waals surface area contributed by atoms with Crippen LogP contribution in [0.25, 0.3) is 11.0 Å². The van der Waals surface area contributed by atoms with Crippen LogP contribution >= 0.6 is 11.6 Å². The zero-order chi connectivity index (χ0) is 9.26. The molecule has 0 saturated heterocycles. The van der Waals surface area contributed by atoms with Crippen LogP contribution in [-0.2, 0) is 11.3 Å². The fraction of sp³-hybridized carbons (Fsp3) is 0.222. The standard InChI is InChI=1S/C9H9ClN2O/c1-13-5-6-4-7-8(10)2-3-11-9(7)12-6/h2-4H,5H2,1H3,(H,11,12). The first-order valence-electron chi connectivity index (χ1n) is 3.92. The van der Waals surface area contributed by atoms with E-state index in [-0.39, 0.29) is 0 Å². The van der Waals surface area contributed by atoms with Crippen molar-refractivity contribution >= 4 is 22.6 Å². The first-order chi connectivity index (χ1) is 6.31. The Morgan fingerprint density at radius 2 is 2.46 bits per heavy atom. The van der Waals surface area contributed by atoms with Gasteiger partial charge in [0.1, 0.15) is 5.65 Å². The molecule has 0 saturated carbocycles. The number of aromatic amines is 1. The third-order valence-electron chi connectivity index (χ3n) is 1.83. The van der Waals surface area contributed by atoms with Crippen LogP contribution in [0.5, 0.6) is 0 Å². The number of methoxy groups -OCH3 is 1. The Bertz CT molecular complexity index is 424. The smallest absolute Gasteiger partial charge is 0.139 e. The Hall–Kier alpha value is -1.06. The molecule has 0 radical (unpaired) electrons. The average Bonchev–Trinajstić information content (AvgIpc) is 2.49. The zero-order valence-electron chi connectivity index (χ0n) is 7.17. The van der Waals surface area contributed by atoms with Crippen molar-refractivity contribution in [2.24, 2.45) is 0 Å². The highest BCUT2D eigenvalue weighted by molar-refractivity contribution is 6.35. The summed E-state index contributed by atoms with van der Waals surface area (Å²) in [5.74, 6) is 0. The summed E-state index contributed by atoms with van der Waals surface area (Å²) in [6.07, 6.45) is 1.68. The van der Waals surface area contributed by atoms with Crippen molar-refractivity contribution < 1.29 is 4.74 Å². The van der Waals surface area contributed by atoms with Crippen LogP contribution < -0.4 is 0 Å². The molecule has 0 aromatic carbocycles. The summed E-state index contributed by atoms with van der Waals surface area (Å²) < 4.78 is 5.00. The van der Waals surface area contributed by atoms with Gasteiger partial charge in [-0.15, -0.1) is 0 Å². The molecule has 2 rings (SSSR count). The van der Waals surface area contributed by atoms with E-state index in [9.17, 15) is 0 Å². The molecule has 3 nitrogen and oxygen atoms in total. The molecular formula is C9H9ClN2O. The molecule has 0 amide bonds. The molecule has 0 atom stereocenters. The van der Waals surface area contributed by atoms with Crippen molar-refractivity contribution in [3.8, 4) is 0 Å². The number of ether oxygens (including phenoxy) is 1. The number of H-pyrrole nitrogens is 1. The molecule has 0 aliphatic rings. The van der Waals surface area contributed by atoms with E-state index in [1.807, 2.05) is 6.07 Å². The molecule has 0 aliphatic carbocycles. The Morgan fingerprint density at radius 1 is 1.62 bits per heavy atom. The predicted octanol–water partition coefficient (Wildman–Crippen LogP) is 2.36. The second-order valence-electron chi connectivity index (χ2n) is 2.78. The summed E-state index contributed by atoms with van der Waals surface area (Å²) in [4.78, 5) is 7.27. The molecule has 0 aliphatic heterocycles. The minimum atomic E-state index is 0.548. The summed E-state index contributed by atoms with van der Waals surface area (Å²) in [5.41, 5.74) is 1.79. The molecule has 13 heavy (non-hydrogen) atoms. The topological polar surface area (TPSA) is 37.9 Å². The summed E-state index contributed by atoms with van der Waals surface area (Å²) in [7, 11) is 1.65. The second-order valence-corrected chi connectivity index (χ2v) is 3.19. The maximum absolute atomic E-state index is 5.97. The van der Waals surface area contributed by atoms with E-state index in [1.165, 1.54) is 0 Å². The lowest BCUT2D eigenvalue weighted by Crippen LogP contribution is -1.85. The van der Waals surface area contributed by atoms with Gasteiger partial charge in [0.15, 0.2) is 0 Å². The molecule has 0 fully saturated rings. The molecule has 0 spiro atoms. The molecule has 4 heteroatoms. The number of pyridine rings is 1. The van der Waals surface area contributed by atoms with Gasteiger partial charge in [0.05, 0.1) is 11.6 Å². The van der Waals surface area contributed by atoms with Crippen LogP contribution in [0.15, 0.2) is 18.3 Å². The van der Waals surface area contributed by atoms with Gasteiger partial charge in [-0.05, 0) is 12.1 Å². The van der Waals surface area contributed by atoms with Gasteiger partial charge in [-0.25, -0.2) is 4.98 Å². The summed E-state index contributed by atoms with van der Waals surface area (Å²) in [6.45, 7) is 0.548. The maximum Gasteiger partial charge on any atom is 0.139 e. The van der Waals surface area contributed by atoms with Gasteiger partial charge in [-0.1, -0.05) is 11.6 Å². The molecule has 1 N–H and O–H groups in total. The highest BCUT2D eigenvalue weighted by Gasteiger charge is 2.03. The predicted molar refractivity (Wildman–Crippen MR) is 51.8 cm³/mol. The van der Waals surface area contributed by atoms with Crippen LogP contribution in [0, 0.1) is 0 Å². The lowest BCUT2D eigenvalue weighted by Gasteiger charge is -1.90. The first kappa shape index (κ1) is 8.53. The highest BCUT2D eigenvalue weighted by Crippen LogP contribution is 2.22. The van der Waals surface area contributed by atoms with Crippen LogP contribution in [0.2, 0.25) is 5.02 Å². The van der Waals surface area contributed by atoms with Crippen molar-refractivity contribution in [1.82, 2.24) is 9.97 Å². The fourth-order valence-electron chi connectivity index (χ4n) is 1.28. The van der Waals surface area contributed by atoms with Crippen LogP contribution in [0.3, 0.4) is 0 Å². The Kier molecular flexibility index (Phi) is 2.20. The van der Waals surface area contributed by atoms with Gasteiger partial charge in [0, 0.05) is 24.4 Å². The monoisotopic (exact) mass is 196 g/mol. The molecule has 68 valence electrons. The Morgan fingerprint density at radius 3 is 3.15 bits per heavy atom. The van der Waals surface area contributed by atoms with Gasteiger partial charge in [0.25, 0.3) is 0 Å². The van der Waals surface area contributed by atoms with E-state index in [0.29, 0.717) is 11.6 Å². The molecule has 2 heterocycles. The van der Waals surface area contributed by atoms with Gasteiger partial charge < -0.3 is 9.72 Å². The second kappa shape index (κ2) is 3.36. The molecule has 2 aromatic rings.